The molecule has 0 saturated carbocycles. The summed E-state index contributed by atoms with van der Waals surface area (Å²) in [6.45, 7) is 2.39. The molecule has 1 unspecified atom stereocenters. The number of carbonyl (C=O) groups excluding carboxylic acids is 2. The number of phosphoric ester groups is 1. The molecular weight excluding hydrogens is 683 g/mol. The van der Waals surface area contributed by atoms with E-state index in [0.717, 1.165) is 38.5 Å². The van der Waals surface area contributed by atoms with Gasteiger partial charge in [-0.15, -0.1) is 0 Å². The van der Waals surface area contributed by atoms with Crippen LogP contribution in [0.15, 0.2) is 0 Å². The molecule has 0 bridgehead atoms. The van der Waals surface area contributed by atoms with Crippen LogP contribution in [0.3, 0.4) is 0 Å². The second-order valence-corrected chi connectivity index (χ2v) is 16.2. The average Bonchev–Trinajstić information content (AvgIpc) is 3.13. The minimum atomic E-state index is -4.60. The number of unbranched alkanes of at least 4 members (excludes halogenated alkanes) is 27. The van der Waals surface area contributed by atoms with Gasteiger partial charge in [-0.1, -0.05) is 187 Å². The summed E-state index contributed by atoms with van der Waals surface area (Å²) in [7, 11) is -4.60. The summed E-state index contributed by atoms with van der Waals surface area (Å²) in [6, 6.07) is 0. The van der Waals surface area contributed by atoms with E-state index in [1.807, 2.05) is 0 Å². The molecule has 0 radical (unpaired) electrons. The van der Waals surface area contributed by atoms with Gasteiger partial charge in [-0.3, -0.25) is 18.6 Å². The van der Waals surface area contributed by atoms with E-state index in [0.29, 0.717) is 12.8 Å². The first-order valence-corrected chi connectivity index (χ1v) is 23.0. The highest BCUT2D eigenvalue weighted by Crippen LogP contribution is 2.43. The fourth-order valence-corrected chi connectivity index (χ4v) is 6.96. The SMILES string of the molecule is CCCCCCCCCCCCCCCCCCCCCCC(=O)O[C@H](COC(=O)CCCCCCCCCCC)COP(=O)(O)OC[C@@H](O)CO. The van der Waals surface area contributed by atoms with Crippen LogP contribution in [0.25, 0.3) is 0 Å². The van der Waals surface area contributed by atoms with Gasteiger partial charge >= 0.3 is 19.8 Å². The number of esters is 2. The van der Waals surface area contributed by atoms with E-state index in [1.54, 1.807) is 0 Å². The van der Waals surface area contributed by atoms with E-state index in [-0.39, 0.29) is 19.4 Å². The fraction of sp³-hybridized carbons (Fsp3) is 0.951. The van der Waals surface area contributed by atoms with Crippen molar-refractivity contribution in [3.8, 4) is 0 Å². The lowest BCUT2D eigenvalue weighted by Crippen LogP contribution is -2.29. The first-order chi connectivity index (χ1) is 25.2. The van der Waals surface area contributed by atoms with Gasteiger partial charge in [0.05, 0.1) is 19.8 Å². The van der Waals surface area contributed by atoms with Crippen LogP contribution in [0.4, 0.5) is 0 Å². The van der Waals surface area contributed by atoms with Crippen LogP contribution < -0.4 is 0 Å². The molecule has 0 heterocycles. The summed E-state index contributed by atoms with van der Waals surface area (Å²) in [6.07, 6.45) is 33.7. The van der Waals surface area contributed by atoms with Gasteiger partial charge in [0.1, 0.15) is 12.7 Å². The van der Waals surface area contributed by atoms with Gasteiger partial charge in [-0.05, 0) is 12.8 Å². The molecule has 0 aliphatic heterocycles. The third-order valence-corrected chi connectivity index (χ3v) is 10.5. The Hall–Kier alpha value is -1.03. The van der Waals surface area contributed by atoms with Crippen molar-refractivity contribution in [2.24, 2.45) is 0 Å². The maximum absolute atomic E-state index is 12.6. The van der Waals surface area contributed by atoms with E-state index >= 15 is 0 Å². The van der Waals surface area contributed by atoms with Gasteiger partial charge in [0.25, 0.3) is 0 Å². The number of ether oxygens (including phenoxy) is 2. The molecule has 310 valence electrons. The summed E-state index contributed by atoms with van der Waals surface area (Å²) in [5, 5.41) is 18.3. The number of carbonyl (C=O) groups is 2. The van der Waals surface area contributed by atoms with Crippen molar-refractivity contribution >= 4 is 19.8 Å². The van der Waals surface area contributed by atoms with Gasteiger partial charge in [0.15, 0.2) is 6.10 Å². The molecular formula is C41H81O10P. The predicted octanol–water partition coefficient (Wildman–Crippen LogP) is 11.1. The summed E-state index contributed by atoms with van der Waals surface area (Å²) >= 11 is 0. The minimum Gasteiger partial charge on any atom is -0.462 e. The lowest BCUT2D eigenvalue weighted by atomic mass is 10.0. The standard InChI is InChI=1S/C41H81O10P/c1-3-5-7-9-11-13-14-15-16-17-18-19-20-21-22-23-25-27-29-31-33-41(45)51-39(37-50-52(46,47)49-35-38(43)34-42)36-48-40(44)32-30-28-26-24-12-10-8-6-4-2/h38-39,42-43H,3-37H2,1-2H3,(H,46,47)/t38-,39+/m0/s1. The zero-order valence-electron chi connectivity index (χ0n) is 33.6. The predicted molar refractivity (Wildman–Crippen MR) is 210 cm³/mol. The summed E-state index contributed by atoms with van der Waals surface area (Å²) in [5.74, 6) is -0.914. The molecule has 10 nitrogen and oxygen atoms in total. The Kier molecular flexibility index (Phi) is 37.5. The zero-order chi connectivity index (χ0) is 38.4. The largest absolute Gasteiger partial charge is 0.472 e. The third kappa shape index (κ3) is 37.3. The Balaban J connectivity index is 4.16. The van der Waals surface area contributed by atoms with Crippen LogP contribution in [0.5, 0.6) is 0 Å². The molecule has 0 aliphatic rings. The zero-order valence-corrected chi connectivity index (χ0v) is 34.4. The molecule has 0 aromatic carbocycles. The quantitative estimate of drug-likeness (QED) is 0.0312. The number of aliphatic hydroxyl groups is 2. The van der Waals surface area contributed by atoms with Crippen molar-refractivity contribution < 1.29 is 47.8 Å². The minimum absolute atomic E-state index is 0.192. The Labute approximate surface area is 318 Å². The maximum Gasteiger partial charge on any atom is 0.472 e. The Morgan fingerprint density at radius 3 is 1.19 bits per heavy atom. The Morgan fingerprint density at radius 2 is 0.827 bits per heavy atom. The van der Waals surface area contributed by atoms with E-state index < -0.39 is 51.8 Å². The maximum atomic E-state index is 12.6. The number of hydrogen-bond donors (Lipinski definition) is 3. The van der Waals surface area contributed by atoms with Crippen LogP contribution in [0.2, 0.25) is 0 Å². The molecule has 0 aromatic rings. The van der Waals surface area contributed by atoms with Crippen molar-refractivity contribution in [1.82, 2.24) is 0 Å². The molecule has 11 heteroatoms. The van der Waals surface area contributed by atoms with Crippen LogP contribution >= 0.6 is 7.82 Å². The molecule has 0 fully saturated rings. The number of rotatable bonds is 41. The monoisotopic (exact) mass is 765 g/mol. The normalized spacial score (nSPS) is 13.9. The van der Waals surface area contributed by atoms with Gasteiger partial charge in [0, 0.05) is 12.8 Å². The van der Waals surface area contributed by atoms with Gasteiger partial charge < -0.3 is 24.6 Å². The summed E-state index contributed by atoms with van der Waals surface area (Å²) in [4.78, 5) is 34.8. The number of aliphatic hydroxyl groups excluding tert-OH is 2. The van der Waals surface area contributed by atoms with Crippen molar-refractivity contribution in [2.45, 2.75) is 225 Å². The molecule has 0 rings (SSSR count). The fourth-order valence-electron chi connectivity index (χ4n) is 6.17. The third-order valence-electron chi connectivity index (χ3n) is 9.51. The Morgan fingerprint density at radius 1 is 0.500 bits per heavy atom. The van der Waals surface area contributed by atoms with E-state index in [1.165, 1.54) is 135 Å². The van der Waals surface area contributed by atoms with E-state index in [2.05, 4.69) is 18.4 Å². The van der Waals surface area contributed by atoms with Crippen LogP contribution in [-0.4, -0.2) is 65.7 Å². The highest BCUT2D eigenvalue weighted by atomic mass is 31.2. The number of hydrogen-bond acceptors (Lipinski definition) is 9. The molecule has 3 N–H and O–H groups in total. The first kappa shape index (κ1) is 51.0. The summed E-state index contributed by atoms with van der Waals surface area (Å²) in [5.41, 5.74) is 0. The molecule has 0 saturated heterocycles. The van der Waals surface area contributed by atoms with Gasteiger partial charge in [0.2, 0.25) is 0 Å². The van der Waals surface area contributed by atoms with Crippen molar-refractivity contribution in [3.05, 3.63) is 0 Å². The number of phosphoric acid groups is 1. The summed E-state index contributed by atoms with van der Waals surface area (Å²) < 4.78 is 32.6. The van der Waals surface area contributed by atoms with Crippen LogP contribution in [-0.2, 0) is 32.7 Å². The average molecular weight is 765 g/mol. The Bertz CT molecular complexity index is 842. The van der Waals surface area contributed by atoms with Gasteiger partial charge in [-0.25, -0.2) is 4.57 Å². The lowest BCUT2D eigenvalue weighted by molar-refractivity contribution is -0.161. The molecule has 52 heavy (non-hydrogen) atoms. The highest BCUT2D eigenvalue weighted by Gasteiger charge is 2.27. The second kappa shape index (κ2) is 38.3. The molecule has 3 atom stereocenters. The molecule has 0 aliphatic carbocycles. The van der Waals surface area contributed by atoms with Crippen molar-refractivity contribution in [1.29, 1.82) is 0 Å². The highest BCUT2D eigenvalue weighted by molar-refractivity contribution is 7.47. The first-order valence-electron chi connectivity index (χ1n) is 21.5. The molecule has 0 amide bonds. The van der Waals surface area contributed by atoms with E-state index in [4.69, 9.17) is 19.1 Å². The smallest absolute Gasteiger partial charge is 0.462 e. The molecule has 0 spiro atoms. The topological polar surface area (TPSA) is 149 Å². The molecule has 0 aromatic heterocycles. The lowest BCUT2D eigenvalue weighted by Gasteiger charge is -2.20. The second-order valence-electron chi connectivity index (χ2n) is 14.7. The van der Waals surface area contributed by atoms with Gasteiger partial charge in [-0.2, -0.15) is 0 Å². The van der Waals surface area contributed by atoms with Crippen LogP contribution in [0, 0.1) is 0 Å². The van der Waals surface area contributed by atoms with Crippen molar-refractivity contribution in [2.75, 3.05) is 26.4 Å². The van der Waals surface area contributed by atoms with Crippen LogP contribution in [0.1, 0.15) is 213 Å². The van der Waals surface area contributed by atoms with E-state index in [9.17, 15) is 24.2 Å². The van der Waals surface area contributed by atoms with Crippen molar-refractivity contribution in [3.63, 3.8) is 0 Å².